The molecule has 0 atom stereocenters. The molecule has 1 aromatic carbocycles. The van der Waals surface area contributed by atoms with Gasteiger partial charge >= 0.3 is 0 Å². The molecule has 7 heteroatoms. The number of aromatic nitrogens is 2. The molecule has 2 amide bonds. The standard InChI is InChI=1S/C14H13FN4O2/c1-7-9(14(16)21)2-3-13(20)19(7)12-4-8-6-17-18-11(8)5-10(12)15/h4-6H,2-3H2,1H3,(H2,16,21)(H,17,18). The Morgan fingerprint density at radius 3 is 2.90 bits per heavy atom. The molecule has 0 bridgehead atoms. The van der Waals surface area contributed by atoms with Crippen molar-refractivity contribution in [3.8, 4) is 0 Å². The van der Waals surface area contributed by atoms with E-state index in [1.807, 2.05) is 0 Å². The number of fused-ring (bicyclic) bond motifs is 1. The van der Waals surface area contributed by atoms with E-state index in [0.717, 1.165) is 0 Å². The van der Waals surface area contributed by atoms with E-state index in [4.69, 9.17) is 5.73 Å². The number of allylic oxidation sites excluding steroid dienone is 1. The number of halogens is 1. The summed E-state index contributed by atoms with van der Waals surface area (Å²) in [6, 6.07) is 2.80. The van der Waals surface area contributed by atoms with Crippen molar-refractivity contribution in [2.45, 2.75) is 19.8 Å². The van der Waals surface area contributed by atoms with Crippen LogP contribution in [-0.4, -0.2) is 22.0 Å². The second-order valence-corrected chi connectivity index (χ2v) is 4.92. The molecule has 0 radical (unpaired) electrons. The topological polar surface area (TPSA) is 92.1 Å². The Kier molecular flexibility index (Phi) is 2.97. The molecule has 3 rings (SSSR count). The summed E-state index contributed by atoms with van der Waals surface area (Å²) in [7, 11) is 0. The van der Waals surface area contributed by atoms with Crippen molar-refractivity contribution in [1.29, 1.82) is 0 Å². The number of benzene rings is 1. The molecule has 0 spiro atoms. The lowest BCUT2D eigenvalue weighted by molar-refractivity contribution is -0.118. The van der Waals surface area contributed by atoms with Gasteiger partial charge in [0.2, 0.25) is 11.8 Å². The summed E-state index contributed by atoms with van der Waals surface area (Å²) in [5.41, 5.74) is 6.68. The van der Waals surface area contributed by atoms with Gasteiger partial charge < -0.3 is 5.73 Å². The minimum absolute atomic E-state index is 0.102. The van der Waals surface area contributed by atoms with E-state index in [-0.39, 0.29) is 24.4 Å². The molecule has 1 aliphatic heterocycles. The number of rotatable bonds is 2. The highest BCUT2D eigenvalue weighted by molar-refractivity contribution is 6.04. The van der Waals surface area contributed by atoms with Crippen molar-refractivity contribution in [1.82, 2.24) is 10.2 Å². The number of hydrogen-bond acceptors (Lipinski definition) is 3. The predicted octanol–water partition coefficient (Wildman–Crippen LogP) is 1.59. The van der Waals surface area contributed by atoms with Gasteiger partial charge in [-0.25, -0.2) is 4.39 Å². The number of nitrogens with two attached hydrogens (primary N) is 1. The Morgan fingerprint density at radius 1 is 1.43 bits per heavy atom. The molecular formula is C14H13FN4O2. The van der Waals surface area contributed by atoms with Crippen LogP contribution in [0.15, 0.2) is 29.6 Å². The summed E-state index contributed by atoms with van der Waals surface area (Å²) in [6.45, 7) is 1.59. The molecule has 0 unspecified atom stereocenters. The van der Waals surface area contributed by atoms with E-state index in [9.17, 15) is 14.0 Å². The molecule has 2 aromatic rings. The molecule has 0 fully saturated rings. The van der Waals surface area contributed by atoms with E-state index >= 15 is 0 Å². The highest BCUT2D eigenvalue weighted by Crippen LogP contribution is 2.32. The van der Waals surface area contributed by atoms with Gasteiger partial charge in [-0.2, -0.15) is 5.10 Å². The Bertz CT molecular complexity index is 793. The molecule has 6 nitrogen and oxygen atoms in total. The summed E-state index contributed by atoms with van der Waals surface area (Å²) in [5.74, 6) is -1.42. The van der Waals surface area contributed by atoms with Crippen molar-refractivity contribution in [2.24, 2.45) is 5.73 Å². The SMILES string of the molecule is CC1=C(C(N)=O)CCC(=O)N1c1cc2cn[nH]c2cc1F. The monoisotopic (exact) mass is 288 g/mol. The van der Waals surface area contributed by atoms with Gasteiger partial charge in [0.25, 0.3) is 0 Å². The van der Waals surface area contributed by atoms with Crippen LogP contribution in [0, 0.1) is 5.82 Å². The van der Waals surface area contributed by atoms with Gasteiger partial charge in [0, 0.05) is 29.1 Å². The number of aromatic amines is 1. The molecule has 1 aliphatic rings. The first-order valence-electron chi connectivity index (χ1n) is 6.44. The summed E-state index contributed by atoms with van der Waals surface area (Å²) in [6.07, 6.45) is 1.95. The number of primary amides is 1. The van der Waals surface area contributed by atoms with E-state index in [2.05, 4.69) is 10.2 Å². The third kappa shape index (κ3) is 2.06. The number of carbonyl (C=O) groups excluding carboxylic acids is 2. The van der Waals surface area contributed by atoms with Crippen LogP contribution in [0.2, 0.25) is 0 Å². The number of H-pyrrole nitrogens is 1. The summed E-state index contributed by atoms with van der Waals surface area (Å²) >= 11 is 0. The Morgan fingerprint density at radius 2 is 2.19 bits per heavy atom. The fourth-order valence-electron chi connectivity index (χ4n) is 2.59. The van der Waals surface area contributed by atoms with Crippen LogP contribution >= 0.6 is 0 Å². The first-order chi connectivity index (χ1) is 9.99. The van der Waals surface area contributed by atoms with Gasteiger partial charge in [-0.15, -0.1) is 0 Å². The highest BCUT2D eigenvalue weighted by Gasteiger charge is 2.29. The molecule has 0 saturated carbocycles. The average molecular weight is 288 g/mol. The van der Waals surface area contributed by atoms with Crippen molar-refractivity contribution < 1.29 is 14.0 Å². The number of hydrogen-bond donors (Lipinski definition) is 2. The lowest BCUT2D eigenvalue weighted by Crippen LogP contribution is -2.36. The number of nitrogens with one attached hydrogen (secondary N) is 1. The molecule has 1 aromatic heterocycles. The minimum atomic E-state index is -0.588. The van der Waals surface area contributed by atoms with E-state index < -0.39 is 11.7 Å². The zero-order valence-corrected chi connectivity index (χ0v) is 11.3. The summed E-state index contributed by atoms with van der Waals surface area (Å²) in [4.78, 5) is 24.8. The summed E-state index contributed by atoms with van der Waals surface area (Å²) in [5, 5.41) is 7.17. The first kappa shape index (κ1) is 13.3. The van der Waals surface area contributed by atoms with Gasteiger partial charge in [-0.3, -0.25) is 19.6 Å². The van der Waals surface area contributed by atoms with Gasteiger partial charge in [-0.1, -0.05) is 0 Å². The van der Waals surface area contributed by atoms with Gasteiger partial charge in [0.1, 0.15) is 5.82 Å². The van der Waals surface area contributed by atoms with Crippen molar-refractivity contribution >= 4 is 28.4 Å². The van der Waals surface area contributed by atoms with Crippen LogP contribution in [-0.2, 0) is 9.59 Å². The van der Waals surface area contributed by atoms with Gasteiger partial charge in [-0.05, 0) is 19.4 Å². The quantitative estimate of drug-likeness (QED) is 0.879. The fourth-order valence-corrected chi connectivity index (χ4v) is 2.59. The molecular weight excluding hydrogens is 275 g/mol. The second kappa shape index (κ2) is 4.69. The number of carbonyl (C=O) groups is 2. The Labute approximate surface area is 119 Å². The van der Waals surface area contributed by atoms with Crippen LogP contribution in [0.3, 0.4) is 0 Å². The van der Waals surface area contributed by atoms with Crippen molar-refractivity contribution in [3.05, 3.63) is 35.4 Å². The molecule has 21 heavy (non-hydrogen) atoms. The molecule has 0 aliphatic carbocycles. The van der Waals surface area contributed by atoms with Crippen LogP contribution in [0.4, 0.5) is 10.1 Å². The maximum atomic E-state index is 14.3. The third-order valence-corrected chi connectivity index (χ3v) is 3.66. The van der Waals surface area contributed by atoms with Crippen LogP contribution < -0.4 is 10.6 Å². The lowest BCUT2D eigenvalue weighted by Gasteiger charge is -2.29. The lowest BCUT2D eigenvalue weighted by atomic mass is 10.0. The zero-order chi connectivity index (χ0) is 15.1. The number of anilines is 1. The molecule has 0 saturated heterocycles. The van der Waals surface area contributed by atoms with E-state index in [1.54, 1.807) is 13.1 Å². The number of amides is 2. The van der Waals surface area contributed by atoms with Gasteiger partial charge in [0.05, 0.1) is 17.4 Å². The Balaban J connectivity index is 2.19. The summed E-state index contributed by atoms with van der Waals surface area (Å²) < 4.78 is 14.3. The average Bonchev–Trinajstić information content (AvgIpc) is 2.85. The van der Waals surface area contributed by atoms with Gasteiger partial charge in [0.15, 0.2) is 0 Å². The maximum absolute atomic E-state index is 14.3. The third-order valence-electron chi connectivity index (χ3n) is 3.66. The van der Waals surface area contributed by atoms with Crippen molar-refractivity contribution in [3.63, 3.8) is 0 Å². The smallest absolute Gasteiger partial charge is 0.246 e. The van der Waals surface area contributed by atoms with E-state index in [0.29, 0.717) is 22.2 Å². The predicted molar refractivity (Wildman–Crippen MR) is 74.7 cm³/mol. The zero-order valence-electron chi connectivity index (χ0n) is 11.3. The normalized spacial score (nSPS) is 15.9. The molecule has 108 valence electrons. The van der Waals surface area contributed by atoms with Crippen LogP contribution in [0.1, 0.15) is 19.8 Å². The second-order valence-electron chi connectivity index (χ2n) is 4.92. The largest absolute Gasteiger partial charge is 0.366 e. The first-order valence-corrected chi connectivity index (χ1v) is 6.44. The maximum Gasteiger partial charge on any atom is 0.246 e. The highest BCUT2D eigenvalue weighted by atomic mass is 19.1. The van der Waals surface area contributed by atoms with Crippen LogP contribution in [0.5, 0.6) is 0 Å². The molecule has 2 heterocycles. The minimum Gasteiger partial charge on any atom is -0.366 e. The fraction of sp³-hybridized carbons (Fsp3) is 0.214. The van der Waals surface area contributed by atoms with Crippen LogP contribution in [0.25, 0.3) is 10.9 Å². The molecule has 3 N–H and O–H groups in total. The van der Waals surface area contributed by atoms with E-state index in [1.165, 1.54) is 17.0 Å². The number of nitrogens with zero attached hydrogens (tertiary/aromatic N) is 2. The Hall–Kier alpha value is -2.70. The van der Waals surface area contributed by atoms with Crippen molar-refractivity contribution in [2.75, 3.05) is 4.90 Å².